The number of morpholine rings is 1. The van der Waals surface area contributed by atoms with Gasteiger partial charge in [-0.3, -0.25) is 18.5 Å². The van der Waals surface area contributed by atoms with Crippen LogP contribution in [0.2, 0.25) is 0 Å². The van der Waals surface area contributed by atoms with E-state index in [4.69, 9.17) is 4.74 Å². The molecular formula is C16H24N6O5S2. The van der Waals surface area contributed by atoms with Gasteiger partial charge in [-0.05, 0) is 0 Å². The molecule has 0 saturated carbocycles. The van der Waals surface area contributed by atoms with Gasteiger partial charge in [0.2, 0.25) is 17.6 Å². The van der Waals surface area contributed by atoms with Crippen LogP contribution in [-0.2, 0) is 26.3 Å². The molecule has 0 N–H and O–H groups in total. The second-order valence-electron chi connectivity index (χ2n) is 7.05. The molecule has 0 bridgehead atoms. The lowest BCUT2D eigenvalue weighted by molar-refractivity contribution is -0.383. The lowest BCUT2D eigenvalue weighted by Crippen LogP contribution is -2.42. The summed E-state index contributed by atoms with van der Waals surface area (Å²) in [4.78, 5) is 26.5. The number of nitrogens with zero attached hydrogens (tertiary/aromatic N) is 6. The summed E-state index contributed by atoms with van der Waals surface area (Å²) < 4.78 is 28.9. The third-order valence-corrected chi connectivity index (χ3v) is 7.82. The molecule has 1 aromatic heterocycles. The lowest BCUT2D eigenvalue weighted by atomic mass is 10.3. The number of anilines is 3. The molecule has 0 aromatic carbocycles. The molecule has 11 nitrogen and oxygen atoms in total. The fourth-order valence-corrected chi connectivity index (χ4v) is 5.73. The summed E-state index contributed by atoms with van der Waals surface area (Å²) in [7, 11) is -1.75. The van der Waals surface area contributed by atoms with Crippen molar-refractivity contribution in [3.63, 3.8) is 0 Å². The molecule has 0 unspecified atom stereocenters. The average molecular weight is 445 g/mol. The number of hydrogen-bond acceptors (Lipinski definition) is 10. The van der Waals surface area contributed by atoms with Crippen LogP contribution in [-0.4, -0.2) is 98.8 Å². The third-order valence-electron chi connectivity index (χ3n) is 5.27. The van der Waals surface area contributed by atoms with Crippen molar-refractivity contribution in [2.24, 2.45) is 0 Å². The van der Waals surface area contributed by atoms with E-state index in [1.807, 2.05) is 14.7 Å². The predicted molar refractivity (Wildman–Crippen MR) is 112 cm³/mol. The van der Waals surface area contributed by atoms with Crippen LogP contribution >= 0.6 is 0 Å². The van der Waals surface area contributed by atoms with Crippen molar-refractivity contribution < 1.29 is 18.1 Å². The Balaban J connectivity index is 1.77. The molecule has 0 aliphatic carbocycles. The molecule has 0 amide bonds. The molecule has 0 radical (unpaired) electrons. The smallest absolute Gasteiger partial charge is 0.353 e. The summed E-state index contributed by atoms with van der Waals surface area (Å²) >= 11 is 0. The van der Waals surface area contributed by atoms with E-state index in [0.717, 1.165) is 0 Å². The largest absolute Gasteiger partial charge is 0.378 e. The maximum atomic E-state index is 12.0. The molecule has 160 valence electrons. The Morgan fingerprint density at radius 1 is 0.793 bits per heavy atom. The van der Waals surface area contributed by atoms with Crippen molar-refractivity contribution in [1.29, 1.82) is 0 Å². The van der Waals surface area contributed by atoms with Crippen LogP contribution in [0.5, 0.6) is 0 Å². The van der Waals surface area contributed by atoms with Crippen LogP contribution < -0.4 is 14.7 Å². The molecular weight excluding hydrogens is 420 g/mol. The van der Waals surface area contributed by atoms with Gasteiger partial charge in [0, 0.05) is 83.9 Å². The zero-order valence-electron chi connectivity index (χ0n) is 16.0. The highest BCUT2D eigenvalue weighted by molar-refractivity contribution is 7.85. The number of nitro groups is 1. The molecule has 3 fully saturated rings. The first-order chi connectivity index (χ1) is 14.0. The van der Waals surface area contributed by atoms with E-state index in [1.54, 1.807) is 0 Å². The molecule has 4 rings (SSSR count). The fourth-order valence-electron chi connectivity index (χ4n) is 3.63. The molecule has 13 heteroatoms. The fraction of sp³-hybridized carbons (Fsp3) is 0.750. The van der Waals surface area contributed by atoms with Gasteiger partial charge in [0.05, 0.1) is 18.1 Å². The topological polar surface area (TPSA) is 122 Å². The second kappa shape index (κ2) is 8.88. The van der Waals surface area contributed by atoms with Gasteiger partial charge in [-0.15, -0.1) is 0 Å². The van der Waals surface area contributed by atoms with Gasteiger partial charge < -0.3 is 19.4 Å². The van der Waals surface area contributed by atoms with Crippen molar-refractivity contribution in [3.05, 3.63) is 10.1 Å². The molecule has 4 heterocycles. The SMILES string of the molecule is O=[N+]([O-])c1c(N2CCOCC2)nc(N2CCS(=O)CC2)nc1N1CCS(=O)CC1. The normalized spacial score (nSPS) is 22.1. The van der Waals surface area contributed by atoms with Crippen LogP contribution in [0, 0.1) is 10.1 Å². The first kappa shape index (κ1) is 20.4. The molecule has 1 aromatic rings. The van der Waals surface area contributed by atoms with E-state index in [2.05, 4.69) is 9.97 Å². The minimum absolute atomic E-state index is 0.107. The molecule has 3 aliphatic heterocycles. The minimum Gasteiger partial charge on any atom is -0.378 e. The van der Waals surface area contributed by atoms with E-state index >= 15 is 0 Å². The van der Waals surface area contributed by atoms with Gasteiger partial charge in [0.25, 0.3) is 0 Å². The average Bonchev–Trinajstić information content (AvgIpc) is 2.74. The molecule has 29 heavy (non-hydrogen) atoms. The van der Waals surface area contributed by atoms with Crippen LogP contribution in [0.3, 0.4) is 0 Å². The molecule has 3 saturated heterocycles. The van der Waals surface area contributed by atoms with Crippen molar-refractivity contribution in [2.45, 2.75) is 0 Å². The van der Waals surface area contributed by atoms with Crippen LogP contribution in [0.1, 0.15) is 0 Å². The summed E-state index contributed by atoms with van der Waals surface area (Å²) in [5.41, 5.74) is -0.107. The minimum atomic E-state index is -0.901. The highest BCUT2D eigenvalue weighted by Gasteiger charge is 2.34. The van der Waals surface area contributed by atoms with Crippen LogP contribution in [0.25, 0.3) is 0 Å². The summed E-state index contributed by atoms with van der Waals surface area (Å²) in [5, 5.41) is 12.0. The van der Waals surface area contributed by atoms with Gasteiger partial charge >= 0.3 is 5.69 Å². The second-order valence-corrected chi connectivity index (χ2v) is 10.4. The summed E-state index contributed by atoms with van der Waals surface area (Å²) in [6.07, 6.45) is 0. The standard InChI is InChI=1S/C16H24N6O5S2/c23-22(24)13-14(19-1-7-27-8-2-19)17-16(21-5-11-29(26)12-6-21)18-15(13)20-3-9-28(25)10-4-20/h1-12H2. The Labute approximate surface area is 173 Å². The van der Waals surface area contributed by atoms with Gasteiger partial charge in [0.1, 0.15) is 0 Å². The Morgan fingerprint density at radius 3 is 1.72 bits per heavy atom. The Morgan fingerprint density at radius 2 is 1.24 bits per heavy atom. The van der Waals surface area contributed by atoms with E-state index in [9.17, 15) is 18.5 Å². The van der Waals surface area contributed by atoms with E-state index in [0.29, 0.717) is 87.3 Å². The van der Waals surface area contributed by atoms with Crippen LogP contribution in [0.4, 0.5) is 23.3 Å². The van der Waals surface area contributed by atoms with E-state index in [1.165, 1.54) is 0 Å². The first-order valence-electron chi connectivity index (χ1n) is 9.62. The van der Waals surface area contributed by atoms with Crippen molar-refractivity contribution in [1.82, 2.24) is 9.97 Å². The highest BCUT2D eigenvalue weighted by Crippen LogP contribution is 2.37. The molecule has 0 spiro atoms. The van der Waals surface area contributed by atoms with E-state index < -0.39 is 26.5 Å². The molecule has 3 aliphatic rings. The van der Waals surface area contributed by atoms with Gasteiger partial charge in [0.15, 0.2) is 0 Å². The lowest BCUT2D eigenvalue weighted by Gasteiger charge is -2.33. The summed E-state index contributed by atoms with van der Waals surface area (Å²) in [6, 6.07) is 0. The molecule has 0 atom stereocenters. The summed E-state index contributed by atoms with van der Waals surface area (Å²) in [5.74, 6) is 3.01. The number of aromatic nitrogens is 2. The zero-order valence-corrected chi connectivity index (χ0v) is 17.7. The number of ether oxygens (including phenoxy) is 1. The quantitative estimate of drug-likeness (QED) is 0.438. The van der Waals surface area contributed by atoms with Crippen molar-refractivity contribution in [2.75, 3.05) is 90.2 Å². The highest BCUT2D eigenvalue weighted by atomic mass is 32.2. The Kier molecular flexibility index (Phi) is 6.25. The maximum Gasteiger partial charge on any atom is 0.353 e. The van der Waals surface area contributed by atoms with Gasteiger partial charge in [-0.2, -0.15) is 9.97 Å². The zero-order chi connectivity index (χ0) is 20.4. The number of rotatable bonds is 4. The monoisotopic (exact) mass is 444 g/mol. The van der Waals surface area contributed by atoms with Gasteiger partial charge in [-0.1, -0.05) is 0 Å². The number of hydrogen-bond donors (Lipinski definition) is 0. The van der Waals surface area contributed by atoms with E-state index in [-0.39, 0.29) is 11.5 Å². The Bertz CT molecular complexity index is 814. The van der Waals surface area contributed by atoms with Crippen molar-refractivity contribution >= 4 is 44.9 Å². The van der Waals surface area contributed by atoms with Gasteiger partial charge in [-0.25, -0.2) is 0 Å². The first-order valence-corrected chi connectivity index (χ1v) is 12.6. The maximum absolute atomic E-state index is 12.0. The van der Waals surface area contributed by atoms with Crippen molar-refractivity contribution in [3.8, 4) is 0 Å². The third kappa shape index (κ3) is 4.51. The van der Waals surface area contributed by atoms with Crippen LogP contribution in [0.15, 0.2) is 0 Å². The Hall–Kier alpha value is -1.86. The predicted octanol–water partition coefficient (Wildman–Crippen LogP) is -0.641. The summed E-state index contributed by atoms with van der Waals surface area (Å²) in [6.45, 7) is 4.02.